The largest absolute Gasteiger partial charge is 0.695 e. The molecule has 2 aliphatic heterocycles. The number of amides is 1. The summed E-state index contributed by atoms with van der Waals surface area (Å²) in [7, 11) is -1.56. The Morgan fingerprint density at radius 1 is 1.54 bits per heavy atom. The Hall–Kier alpha value is -2.04. The maximum Gasteiger partial charge on any atom is 0.695 e. The standard InChI is InChI=1S/C16H21N4O7P/c1-7(2)15(22)19-10-5-9(21)11-14(18-10)20(6-17-11)16-13(25-4)12(8(3)26-16)27-28(23)24/h6-8,12-13,16H,5H2,1-4H3,(H-,18,19,21,22,23,24)/p+1/i3D. The van der Waals surface area contributed by atoms with Crippen molar-refractivity contribution < 1.29 is 34.4 Å². The highest BCUT2D eigenvalue weighted by molar-refractivity contribution is 7.32. The van der Waals surface area contributed by atoms with Crippen molar-refractivity contribution >= 4 is 31.6 Å². The summed E-state index contributed by atoms with van der Waals surface area (Å²) in [4.78, 5) is 42.0. The van der Waals surface area contributed by atoms with Gasteiger partial charge in [0, 0.05) is 19.0 Å². The molecule has 0 radical (unpaired) electrons. The van der Waals surface area contributed by atoms with Crippen LogP contribution in [-0.2, 0) is 23.4 Å². The van der Waals surface area contributed by atoms with E-state index >= 15 is 0 Å². The Morgan fingerprint density at radius 3 is 2.89 bits per heavy atom. The summed E-state index contributed by atoms with van der Waals surface area (Å²) in [6.07, 6.45) is -2.31. The molecule has 3 rings (SSSR count). The molecule has 28 heavy (non-hydrogen) atoms. The van der Waals surface area contributed by atoms with Gasteiger partial charge in [-0.25, -0.2) is 9.98 Å². The van der Waals surface area contributed by atoms with Gasteiger partial charge < -0.3 is 14.8 Å². The van der Waals surface area contributed by atoms with Gasteiger partial charge in [-0.05, 0) is 6.90 Å². The lowest BCUT2D eigenvalue weighted by atomic mass is 10.1. The lowest BCUT2D eigenvalue weighted by Gasteiger charge is -2.22. The molecular formula is C16H22N4O7P+. The molecule has 0 spiro atoms. The number of aliphatic imine (C=N–C) groups is 1. The third kappa shape index (κ3) is 3.89. The van der Waals surface area contributed by atoms with Crippen LogP contribution >= 0.6 is 8.25 Å². The number of Topliss-reactive ketones (excluding diaryl/α,β-unsaturated/α-hetero) is 1. The zero-order valence-corrected chi connectivity index (χ0v) is 16.5. The number of carbonyl (C=O) groups excluding carboxylic acids is 2. The first-order valence-corrected chi connectivity index (χ1v) is 9.68. The molecule has 3 heterocycles. The van der Waals surface area contributed by atoms with Crippen molar-refractivity contribution in [2.75, 3.05) is 7.11 Å². The summed E-state index contributed by atoms with van der Waals surface area (Å²) in [6.45, 7) is 3.21. The maximum atomic E-state index is 12.5. The second-order valence-electron chi connectivity index (χ2n) is 6.70. The fourth-order valence-electron chi connectivity index (χ4n) is 3.02. The number of carbonyl (C=O) groups is 2. The zero-order chi connectivity index (χ0) is 21.3. The number of imidazole rings is 1. The number of hydrogen-bond acceptors (Lipinski definition) is 8. The van der Waals surface area contributed by atoms with Gasteiger partial charge in [0.15, 0.2) is 29.6 Å². The molecule has 2 aliphatic rings. The first-order valence-electron chi connectivity index (χ1n) is 9.26. The molecule has 12 heteroatoms. The highest BCUT2D eigenvalue weighted by Gasteiger charge is 2.50. The number of fused-ring (bicyclic) bond motifs is 1. The van der Waals surface area contributed by atoms with Crippen LogP contribution in [0.1, 0.15) is 45.3 Å². The Morgan fingerprint density at radius 2 is 2.29 bits per heavy atom. The average molecular weight is 414 g/mol. The predicted octanol–water partition coefficient (Wildman–Crippen LogP) is 1.24. The molecule has 1 amide bonds. The van der Waals surface area contributed by atoms with E-state index in [9.17, 15) is 14.2 Å². The van der Waals surface area contributed by atoms with Crippen LogP contribution in [0.15, 0.2) is 11.3 Å². The van der Waals surface area contributed by atoms with Crippen molar-refractivity contribution in [3.8, 4) is 0 Å². The third-order valence-corrected chi connectivity index (χ3v) is 4.86. The summed E-state index contributed by atoms with van der Waals surface area (Å²) >= 11 is 0. The Balaban J connectivity index is 1.95. The number of hydrogen-bond donors (Lipinski definition) is 2. The molecule has 1 aromatic rings. The van der Waals surface area contributed by atoms with E-state index in [1.54, 1.807) is 13.8 Å². The Kier molecular flexibility index (Phi) is 5.61. The van der Waals surface area contributed by atoms with Crippen LogP contribution in [0.4, 0.5) is 5.82 Å². The van der Waals surface area contributed by atoms with Crippen LogP contribution in [0, 0.1) is 5.92 Å². The number of nitrogens with zero attached hydrogens (tertiary/aromatic N) is 3. The van der Waals surface area contributed by atoms with Crippen LogP contribution < -0.4 is 5.32 Å². The molecule has 1 aromatic heterocycles. The molecule has 1 saturated heterocycles. The molecule has 5 atom stereocenters. The molecule has 0 aliphatic carbocycles. The quantitative estimate of drug-likeness (QED) is 0.686. The van der Waals surface area contributed by atoms with Crippen LogP contribution in [0.25, 0.3) is 0 Å². The highest BCUT2D eigenvalue weighted by Crippen LogP contribution is 2.40. The van der Waals surface area contributed by atoms with Crippen molar-refractivity contribution in [3.63, 3.8) is 0 Å². The smallest absolute Gasteiger partial charge is 0.374 e. The number of nitrogens with one attached hydrogen (secondary N) is 1. The molecule has 0 aromatic carbocycles. The van der Waals surface area contributed by atoms with Gasteiger partial charge in [0.1, 0.15) is 11.9 Å². The van der Waals surface area contributed by atoms with E-state index < -0.39 is 32.8 Å². The summed E-state index contributed by atoms with van der Waals surface area (Å²) in [5.74, 6) is -0.509. The zero-order valence-electron chi connectivity index (χ0n) is 16.6. The van der Waals surface area contributed by atoms with Gasteiger partial charge >= 0.3 is 8.25 Å². The van der Waals surface area contributed by atoms with Crippen LogP contribution in [0.2, 0.25) is 0 Å². The van der Waals surface area contributed by atoms with Gasteiger partial charge in [-0.3, -0.25) is 14.2 Å². The third-order valence-electron chi connectivity index (χ3n) is 4.44. The van der Waals surface area contributed by atoms with E-state index in [1.807, 2.05) is 0 Å². The summed E-state index contributed by atoms with van der Waals surface area (Å²) in [6, 6.07) is 0. The molecule has 2 N–H and O–H groups in total. The molecule has 0 saturated carbocycles. The van der Waals surface area contributed by atoms with Crippen molar-refractivity contribution in [2.45, 2.75) is 51.7 Å². The van der Waals surface area contributed by atoms with Gasteiger partial charge in [-0.2, -0.15) is 0 Å². The van der Waals surface area contributed by atoms with E-state index in [1.165, 1.54) is 18.0 Å². The second-order valence-corrected chi connectivity index (χ2v) is 7.39. The Labute approximate surface area is 163 Å². The summed E-state index contributed by atoms with van der Waals surface area (Å²) in [5.41, 5.74) is 0.117. The minimum atomic E-state index is -2.94. The monoisotopic (exact) mass is 414 g/mol. The fourth-order valence-corrected chi connectivity index (χ4v) is 3.49. The normalized spacial score (nSPS) is 28.0. The predicted molar refractivity (Wildman–Crippen MR) is 96.3 cm³/mol. The van der Waals surface area contributed by atoms with Crippen molar-refractivity contribution in [1.29, 1.82) is 0 Å². The lowest BCUT2D eigenvalue weighted by molar-refractivity contribution is -0.122. The minimum absolute atomic E-state index is 0.0895. The molecule has 152 valence electrons. The molecule has 1 fully saturated rings. The van der Waals surface area contributed by atoms with Gasteiger partial charge in [0.25, 0.3) is 0 Å². The maximum absolute atomic E-state index is 12.5. The number of ketones is 1. The van der Waals surface area contributed by atoms with E-state index in [0.29, 0.717) is 0 Å². The molecular weight excluding hydrogens is 391 g/mol. The van der Waals surface area contributed by atoms with E-state index in [4.69, 9.17) is 20.3 Å². The number of aromatic nitrogens is 2. The second kappa shape index (κ2) is 8.14. The van der Waals surface area contributed by atoms with Gasteiger partial charge in [-0.15, -0.1) is 9.42 Å². The van der Waals surface area contributed by atoms with E-state index in [-0.39, 0.29) is 48.3 Å². The Bertz CT molecular complexity index is 858. The molecule has 0 bridgehead atoms. The van der Waals surface area contributed by atoms with Crippen molar-refractivity contribution in [3.05, 3.63) is 12.0 Å². The number of methoxy groups -OCH3 is 1. The summed E-state index contributed by atoms with van der Waals surface area (Å²) < 4.78 is 36.5. The molecule has 5 unspecified atom stereocenters. The van der Waals surface area contributed by atoms with Crippen molar-refractivity contribution in [2.24, 2.45) is 10.9 Å². The van der Waals surface area contributed by atoms with E-state index in [2.05, 4.69) is 15.3 Å². The van der Waals surface area contributed by atoms with E-state index in [0.717, 1.165) is 0 Å². The lowest BCUT2D eigenvalue weighted by Crippen LogP contribution is -2.36. The highest BCUT2D eigenvalue weighted by atomic mass is 31.1. The number of ether oxygens (including phenoxy) is 2. The van der Waals surface area contributed by atoms with Gasteiger partial charge in [0.2, 0.25) is 5.91 Å². The average Bonchev–Trinajstić information content (AvgIpc) is 3.22. The van der Waals surface area contributed by atoms with Crippen LogP contribution in [-0.4, -0.2) is 57.4 Å². The number of amidine groups is 1. The first kappa shape index (κ1) is 19.3. The fraction of sp³-hybridized carbons (Fsp3) is 0.625. The SMILES string of the molecule is [2H]CC1OC(n2cnc3c2N=C(NC(=O)C(C)C)CC3=O)C(OC)C1O[P+](=O)O. The summed E-state index contributed by atoms with van der Waals surface area (Å²) in [5, 5.41) is 2.63. The van der Waals surface area contributed by atoms with Gasteiger partial charge in [-0.1, -0.05) is 13.8 Å². The minimum Gasteiger partial charge on any atom is -0.374 e. The van der Waals surface area contributed by atoms with Gasteiger partial charge in [0.05, 0.1) is 18.9 Å². The van der Waals surface area contributed by atoms with Crippen LogP contribution in [0.3, 0.4) is 0 Å². The number of rotatable bonds is 5. The topological polar surface area (TPSA) is 141 Å². The van der Waals surface area contributed by atoms with Crippen LogP contribution in [0.5, 0.6) is 0 Å². The molecule has 11 nitrogen and oxygen atoms in total. The van der Waals surface area contributed by atoms with Crippen molar-refractivity contribution in [1.82, 2.24) is 14.9 Å². The first-order chi connectivity index (χ1) is 13.8.